The fourth-order valence-electron chi connectivity index (χ4n) is 2.81. The quantitative estimate of drug-likeness (QED) is 0.724. The first-order chi connectivity index (χ1) is 11.5. The largest absolute Gasteiger partial charge is 0.348 e. The van der Waals surface area contributed by atoms with Crippen molar-refractivity contribution in [1.82, 2.24) is 14.8 Å². The van der Waals surface area contributed by atoms with Crippen molar-refractivity contribution in [2.45, 2.75) is 6.42 Å². The first-order valence-corrected chi connectivity index (χ1v) is 7.85. The molecule has 120 valence electrons. The van der Waals surface area contributed by atoms with Gasteiger partial charge in [-0.25, -0.2) is 14.5 Å². The number of hydrogen-bond acceptors (Lipinski definition) is 3. The molecule has 8 heteroatoms. The summed E-state index contributed by atoms with van der Waals surface area (Å²) in [5, 5.41) is 7.29. The Morgan fingerprint density at radius 3 is 2.58 bits per heavy atom. The number of hydrogen-bond donors (Lipinski definition) is 1. The highest BCUT2D eigenvalue weighted by atomic mass is 35.5. The maximum Gasteiger partial charge on any atom is 0.348 e. The average molecular weight is 361 g/mol. The van der Waals surface area contributed by atoms with Gasteiger partial charge >= 0.3 is 5.69 Å². The molecule has 1 amide bonds. The van der Waals surface area contributed by atoms with Gasteiger partial charge in [0.25, 0.3) is 0 Å². The van der Waals surface area contributed by atoms with Crippen molar-refractivity contribution >= 4 is 40.5 Å². The molecule has 1 aliphatic rings. The lowest BCUT2D eigenvalue weighted by Crippen LogP contribution is -2.26. The summed E-state index contributed by atoms with van der Waals surface area (Å²) in [6.07, 6.45) is -0.0302. The Morgan fingerprint density at radius 2 is 1.79 bits per heavy atom. The zero-order chi connectivity index (χ0) is 16.8. The van der Waals surface area contributed by atoms with E-state index in [9.17, 15) is 9.59 Å². The summed E-state index contributed by atoms with van der Waals surface area (Å²) in [5.74, 6) is 0.108. The molecule has 1 N–H and O–H groups in total. The van der Waals surface area contributed by atoms with Crippen molar-refractivity contribution < 1.29 is 4.79 Å². The average Bonchev–Trinajstić information content (AvgIpc) is 2.83. The van der Waals surface area contributed by atoms with Crippen LogP contribution in [0.25, 0.3) is 5.69 Å². The van der Waals surface area contributed by atoms with E-state index in [1.165, 1.54) is 9.47 Å². The Balaban J connectivity index is 2.03. The van der Waals surface area contributed by atoms with E-state index >= 15 is 0 Å². The molecule has 0 atom stereocenters. The van der Waals surface area contributed by atoms with Gasteiger partial charge in [0.15, 0.2) is 0 Å². The van der Waals surface area contributed by atoms with Gasteiger partial charge in [-0.15, -0.1) is 0 Å². The Hall–Kier alpha value is -2.57. The van der Waals surface area contributed by atoms with E-state index in [1.807, 2.05) is 0 Å². The Bertz CT molecular complexity index is 1020. The number of nitrogens with one attached hydrogen (secondary N) is 1. The van der Waals surface area contributed by atoms with E-state index in [0.717, 1.165) is 0 Å². The monoisotopic (exact) mass is 360 g/mol. The van der Waals surface area contributed by atoms with E-state index < -0.39 is 5.69 Å². The smallest absolute Gasteiger partial charge is 0.278 e. The first-order valence-electron chi connectivity index (χ1n) is 7.09. The normalized spacial score (nSPS) is 13.4. The molecule has 2 heterocycles. The van der Waals surface area contributed by atoms with Crippen molar-refractivity contribution in [1.29, 1.82) is 0 Å². The van der Waals surface area contributed by atoms with Crippen LogP contribution in [0.15, 0.2) is 47.3 Å². The third-order valence-corrected chi connectivity index (χ3v) is 4.26. The van der Waals surface area contributed by atoms with Gasteiger partial charge in [0.05, 0.1) is 23.5 Å². The van der Waals surface area contributed by atoms with Crippen LogP contribution in [0, 0.1) is 0 Å². The van der Waals surface area contributed by atoms with Gasteiger partial charge in [-0.05, 0) is 36.4 Å². The Labute approximate surface area is 146 Å². The van der Waals surface area contributed by atoms with Crippen molar-refractivity contribution in [3.05, 3.63) is 68.8 Å². The van der Waals surface area contributed by atoms with Gasteiger partial charge in [0, 0.05) is 10.0 Å². The number of aromatic amines is 1. The van der Waals surface area contributed by atoms with E-state index in [1.54, 1.807) is 42.5 Å². The predicted molar refractivity (Wildman–Crippen MR) is 91.5 cm³/mol. The molecule has 4 rings (SSSR count). The first kappa shape index (κ1) is 15.0. The third-order valence-electron chi connectivity index (χ3n) is 3.79. The summed E-state index contributed by atoms with van der Waals surface area (Å²) in [5.41, 5.74) is 1.21. The number of rotatable bonds is 1. The van der Waals surface area contributed by atoms with Crippen LogP contribution in [0.1, 0.15) is 5.82 Å². The van der Waals surface area contributed by atoms with Crippen LogP contribution in [-0.4, -0.2) is 20.7 Å². The predicted octanol–water partition coefficient (Wildman–Crippen LogP) is 3.09. The molecule has 0 unspecified atom stereocenters. The van der Waals surface area contributed by atoms with Crippen molar-refractivity contribution in [3.63, 3.8) is 0 Å². The van der Waals surface area contributed by atoms with Gasteiger partial charge in [-0.1, -0.05) is 29.3 Å². The van der Waals surface area contributed by atoms with Crippen LogP contribution in [0.4, 0.5) is 11.4 Å². The summed E-state index contributed by atoms with van der Waals surface area (Å²) in [7, 11) is 0. The molecule has 2 aromatic carbocycles. The maximum absolute atomic E-state index is 12.8. The summed E-state index contributed by atoms with van der Waals surface area (Å²) >= 11 is 12.2. The van der Waals surface area contributed by atoms with Crippen LogP contribution in [0.2, 0.25) is 10.0 Å². The van der Waals surface area contributed by atoms with E-state index in [2.05, 4.69) is 10.2 Å². The van der Waals surface area contributed by atoms with Crippen LogP contribution in [0.5, 0.6) is 0 Å². The molecule has 0 saturated carbocycles. The standard InChI is InChI=1S/C16H10Cl2N4O2/c17-9-2-1-3-11(6-9)21-13-7-10(18)4-5-12(13)22-14(8-15(21)23)19-20-16(22)24/h1-7H,8H2,(H,20,24). The zero-order valence-corrected chi connectivity index (χ0v) is 13.7. The van der Waals surface area contributed by atoms with Crippen LogP contribution >= 0.6 is 23.2 Å². The number of anilines is 2. The molecule has 1 aliphatic heterocycles. The lowest BCUT2D eigenvalue weighted by atomic mass is 10.2. The molecule has 0 bridgehead atoms. The van der Waals surface area contributed by atoms with Gasteiger partial charge in [0.1, 0.15) is 5.82 Å². The second kappa shape index (κ2) is 5.51. The van der Waals surface area contributed by atoms with Gasteiger partial charge in [0.2, 0.25) is 5.91 Å². The van der Waals surface area contributed by atoms with Gasteiger partial charge < -0.3 is 0 Å². The number of H-pyrrole nitrogens is 1. The van der Waals surface area contributed by atoms with E-state index in [4.69, 9.17) is 23.2 Å². The molecule has 0 saturated heterocycles. The number of carbonyl (C=O) groups is 1. The summed E-state index contributed by atoms with van der Waals surface area (Å²) < 4.78 is 1.38. The SMILES string of the molecule is O=C1Cc2n[nH]c(=O)n2-c2ccc(Cl)cc2N1c1cccc(Cl)c1. The minimum atomic E-state index is -0.408. The van der Waals surface area contributed by atoms with Gasteiger partial charge in [-0.2, -0.15) is 5.10 Å². The topological polar surface area (TPSA) is 71.0 Å². The third kappa shape index (κ3) is 2.31. The van der Waals surface area contributed by atoms with Crippen LogP contribution < -0.4 is 10.6 Å². The minimum Gasteiger partial charge on any atom is -0.278 e. The summed E-state index contributed by atoms with van der Waals surface area (Å²) in [4.78, 5) is 26.5. The molecular formula is C16H10Cl2N4O2. The molecule has 3 aromatic rings. The summed E-state index contributed by atoms with van der Waals surface area (Å²) in [6, 6.07) is 11.9. The molecule has 0 fully saturated rings. The molecule has 0 aliphatic carbocycles. The fourth-order valence-corrected chi connectivity index (χ4v) is 3.16. The Kier molecular flexibility index (Phi) is 3.44. The number of benzene rings is 2. The van der Waals surface area contributed by atoms with Crippen molar-refractivity contribution in [3.8, 4) is 5.69 Å². The second-order valence-electron chi connectivity index (χ2n) is 5.30. The highest BCUT2D eigenvalue weighted by molar-refractivity contribution is 6.31. The molecule has 0 radical (unpaired) electrons. The van der Waals surface area contributed by atoms with Crippen LogP contribution in [0.3, 0.4) is 0 Å². The number of nitrogens with zero attached hydrogens (tertiary/aromatic N) is 3. The Morgan fingerprint density at radius 1 is 1.00 bits per heavy atom. The highest BCUT2D eigenvalue weighted by Gasteiger charge is 2.29. The zero-order valence-electron chi connectivity index (χ0n) is 12.2. The maximum atomic E-state index is 12.8. The lowest BCUT2D eigenvalue weighted by Gasteiger charge is -2.23. The number of amides is 1. The number of halogens is 2. The number of aromatic nitrogens is 3. The molecular weight excluding hydrogens is 351 g/mol. The van der Waals surface area contributed by atoms with Crippen molar-refractivity contribution in [2.24, 2.45) is 0 Å². The van der Waals surface area contributed by atoms with E-state index in [0.29, 0.717) is 32.9 Å². The molecule has 1 aromatic heterocycles. The van der Waals surface area contributed by atoms with E-state index in [-0.39, 0.29) is 12.3 Å². The molecule has 0 spiro atoms. The lowest BCUT2D eigenvalue weighted by molar-refractivity contribution is -0.117. The fraction of sp³-hybridized carbons (Fsp3) is 0.0625. The second-order valence-corrected chi connectivity index (χ2v) is 6.17. The van der Waals surface area contributed by atoms with Gasteiger partial charge in [-0.3, -0.25) is 9.69 Å². The van der Waals surface area contributed by atoms with Crippen LogP contribution in [-0.2, 0) is 11.2 Å². The van der Waals surface area contributed by atoms with Crippen molar-refractivity contribution in [2.75, 3.05) is 4.90 Å². The highest BCUT2D eigenvalue weighted by Crippen LogP contribution is 2.36. The molecule has 24 heavy (non-hydrogen) atoms. The molecule has 6 nitrogen and oxygen atoms in total. The number of fused-ring (bicyclic) bond motifs is 3. The minimum absolute atomic E-state index is 0.0302. The number of carbonyl (C=O) groups excluding carboxylic acids is 1. The summed E-state index contributed by atoms with van der Waals surface area (Å²) in [6.45, 7) is 0.